The van der Waals surface area contributed by atoms with E-state index >= 15 is 0 Å². The fourth-order valence-corrected chi connectivity index (χ4v) is 2.07. The molecular weight excluding hydrogens is 246 g/mol. The molecule has 1 heterocycles. The van der Waals surface area contributed by atoms with Gasteiger partial charge in [-0.2, -0.15) is 0 Å². The van der Waals surface area contributed by atoms with E-state index in [0.717, 1.165) is 13.0 Å². The second-order valence-corrected chi connectivity index (χ2v) is 4.90. The van der Waals surface area contributed by atoms with Gasteiger partial charge in [0.2, 0.25) is 11.8 Å². The lowest BCUT2D eigenvalue weighted by Gasteiger charge is -2.36. The van der Waals surface area contributed by atoms with Crippen LogP contribution in [-0.4, -0.2) is 74.6 Å². The normalized spacial score (nSPS) is 19.3. The molecular formula is C13H25N3O3. The number of piperazine rings is 1. The van der Waals surface area contributed by atoms with Crippen LogP contribution in [0.25, 0.3) is 0 Å². The van der Waals surface area contributed by atoms with Crippen LogP contribution in [0, 0.1) is 0 Å². The van der Waals surface area contributed by atoms with Crippen LogP contribution in [0.5, 0.6) is 0 Å². The summed E-state index contributed by atoms with van der Waals surface area (Å²) < 4.78 is 5.33. The molecule has 1 atom stereocenters. The van der Waals surface area contributed by atoms with E-state index in [9.17, 15) is 9.59 Å². The standard InChI is InChI=1S/C13H25N3O3/c1-4-8-19-9-5-12(17)16-7-6-14-10-11(16)13(18)15(2)3/h11,14H,4-10H2,1-3H3. The van der Waals surface area contributed by atoms with Gasteiger partial charge in [0.05, 0.1) is 13.0 Å². The molecule has 6 nitrogen and oxygen atoms in total. The van der Waals surface area contributed by atoms with E-state index in [4.69, 9.17) is 4.74 Å². The number of hydrogen-bond acceptors (Lipinski definition) is 4. The Balaban J connectivity index is 2.51. The maximum atomic E-state index is 12.1. The zero-order valence-electron chi connectivity index (χ0n) is 12.1. The third-order valence-corrected chi connectivity index (χ3v) is 3.10. The summed E-state index contributed by atoms with van der Waals surface area (Å²) in [5.74, 6) is -0.0344. The van der Waals surface area contributed by atoms with Crippen molar-refractivity contribution in [3.63, 3.8) is 0 Å². The van der Waals surface area contributed by atoms with Gasteiger partial charge >= 0.3 is 0 Å². The smallest absolute Gasteiger partial charge is 0.246 e. The highest BCUT2D eigenvalue weighted by Gasteiger charge is 2.32. The molecule has 0 spiro atoms. The SMILES string of the molecule is CCCOCCC(=O)N1CCNCC1C(=O)N(C)C. The highest BCUT2D eigenvalue weighted by Crippen LogP contribution is 2.08. The number of likely N-dealkylation sites (N-methyl/N-ethyl adjacent to an activating group) is 1. The maximum absolute atomic E-state index is 12.1. The number of nitrogens with one attached hydrogen (secondary N) is 1. The number of nitrogens with zero attached hydrogens (tertiary/aromatic N) is 2. The van der Waals surface area contributed by atoms with Crippen LogP contribution in [0.2, 0.25) is 0 Å². The monoisotopic (exact) mass is 271 g/mol. The highest BCUT2D eigenvalue weighted by atomic mass is 16.5. The Kier molecular flexibility index (Phi) is 6.80. The third-order valence-electron chi connectivity index (χ3n) is 3.10. The average Bonchev–Trinajstić information content (AvgIpc) is 2.42. The molecule has 2 amide bonds. The zero-order valence-corrected chi connectivity index (χ0v) is 12.1. The molecule has 19 heavy (non-hydrogen) atoms. The van der Waals surface area contributed by atoms with Crippen molar-refractivity contribution in [2.45, 2.75) is 25.8 Å². The molecule has 0 aromatic carbocycles. The summed E-state index contributed by atoms with van der Waals surface area (Å²) in [6.07, 6.45) is 1.29. The van der Waals surface area contributed by atoms with Gasteiger partial charge in [-0.3, -0.25) is 9.59 Å². The van der Waals surface area contributed by atoms with Crippen LogP contribution in [-0.2, 0) is 14.3 Å². The van der Waals surface area contributed by atoms with Gasteiger partial charge in [0.25, 0.3) is 0 Å². The Morgan fingerprint density at radius 3 is 2.74 bits per heavy atom. The summed E-state index contributed by atoms with van der Waals surface area (Å²) in [6.45, 7) is 4.98. The predicted molar refractivity (Wildman–Crippen MR) is 72.8 cm³/mol. The fraction of sp³-hybridized carbons (Fsp3) is 0.846. The van der Waals surface area contributed by atoms with Gasteiger partial charge in [0.15, 0.2) is 0 Å². The molecule has 1 saturated heterocycles. The van der Waals surface area contributed by atoms with Crippen LogP contribution >= 0.6 is 0 Å². The van der Waals surface area contributed by atoms with E-state index in [1.165, 1.54) is 4.90 Å². The Morgan fingerprint density at radius 1 is 1.37 bits per heavy atom. The summed E-state index contributed by atoms with van der Waals surface area (Å²) in [5, 5.41) is 3.16. The number of carbonyl (C=O) groups excluding carboxylic acids is 2. The molecule has 0 bridgehead atoms. The number of amides is 2. The van der Waals surface area contributed by atoms with Gasteiger partial charge in [-0.05, 0) is 6.42 Å². The lowest BCUT2D eigenvalue weighted by atomic mass is 10.1. The first-order chi connectivity index (χ1) is 9.07. The van der Waals surface area contributed by atoms with Crippen LogP contribution in [0.4, 0.5) is 0 Å². The van der Waals surface area contributed by atoms with Crippen LogP contribution in [0.3, 0.4) is 0 Å². The Morgan fingerprint density at radius 2 is 2.11 bits per heavy atom. The molecule has 1 aliphatic rings. The molecule has 1 aliphatic heterocycles. The molecule has 0 radical (unpaired) electrons. The van der Waals surface area contributed by atoms with Gasteiger partial charge in [-0.25, -0.2) is 0 Å². The van der Waals surface area contributed by atoms with Gasteiger partial charge in [0, 0.05) is 40.3 Å². The Hall–Kier alpha value is -1.14. The number of hydrogen-bond donors (Lipinski definition) is 1. The molecule has 1 unspecified atom stereocenters. The average molecular weight is 271 g/mol. The van der Waals surface area contributed by atoms with E-state index < -0.39 is 0 Å². The molecule has 6 heteroatoms. The van der Waals surface area contributed by atoms with E-state index in [2.05, 4.69) is 5.32 Å². The second-order valence-electron chi connectivity index (χ2n) is 4.90. The first-order valence-corrected chi connectivity index (χ1v) is 6.87. The van der Waals surface area contributed by atoms with Gasteiger partial charge in [-0.1, -0.05) is 6.92 Å². The van der Waals surface area contributed by atoms with Crippen molar-refractivity contribution in [3.8, 4) is 0 Å². The van der Waals surface area contributed by atoms with Crippen molar-refractivity contribution in [1.82, 2.24) is 15.1 Å². The number of ether oxygens (including phenoxy) is 1. The largest absolute Gasteiger partial charge is 0.381 e. The number of rotatable bonds is 6. The maximum Gasteiger partial charge on any atom is 0.246 e. The van der Waals surface area contributed by atoms with E-state index in [-0.39, 0.29) is 17.9 Å². The Bertz CT molecular complexity index is 308. The summed E-state index contributed by atoms with van der Waals surface area (Å²) in [7, 11) is 3.42. The second kappa shape index (κ2) is 8.12. The van der Waals surface area contributed by atoms with Gasteiger partial charge in [0.1, 0.15) is 6.04 Å². The van der Waals surface area contributed by atoms with Gasteiger partial charge < -0.3 is 19.9 Å². The molecule has 1 fully saturated rings. The highest BCUT2D eigenvalue weighted by molar-refractivity contribution is 5.88. The van der Waals surface area contributed by atoms with E-state index in [0.29, 0.717) is 32.7 Å². The molecule has 1 N–H and O–H groups in total. The van der Waals surface area contributed by atoms with Crippen molar-refractivity contribution in [2.24, 2.45) is 0 Å². The predicted octanol–water partition coefficient (Wildman–Crippen LogP) is -0.308. The van der Waals surface area contributed by atoms with E-state index in [1.807, 2.05) is 6.92 Å². The topological polar surface area (TPSA) is 61.9 Å². The lowest BCUT2D eigenvalue weighted by molar-refractivity contribution is -0.146. The molecule has 0 aromatic rings. The summed E-state index contributed by atoms with van der Waals surface area (Å²) in [5.41, 5.74) is 0. The number of carbonyl (C=O) groups is 2. The summed E-state index contributed by atoms with van der Waals surface area (Å²) in [4.78, 5) is 27.4. The van der Waals surface area contributed by atoms with Gasteiger partial charge in [-0.15, -0.1) is 0 Å². The molecule has 0 aliphatic carbocycles. The quantitative estimate of drug-likeness (QED) is 0.673. The third kappa shape index (κ3) is 4.80. The van der Waals surface area contributed by atoms with E-state index in [1.54, 1.807) is 19.0 Å². The molecule has 0 aromatic heterocycles. The molecule has 0 saturated carbocycles. The van der Waals surface area contributed by atoms with Crippen molar-refractivity contribution in [2.75, 3.05) is 46.9 Å². The minimum absolute atomic E-state index is 0.00203. The molecule has 1 rings (SSSR count). The van der Waals surface area contributed by atoms with Crippen molar-refractivity contribution in [1.29, 1.82) is 0 Å². The van der Waals surface area contributed by atoms with Crippen molar-refractivity contribution < 1.29 is 14.3 Å². The fourth-order valence-electron chi connectivity index (χ4n) is 2.07. The van der Waals surface area contributed by atoms with Crippen LogP contribution in [0.1, 0.15) is 19.8 Å². The Labute approximate surface area is 115 Å². The van der Waals surface area contributed by atoms with Crippen molar-refractivity contribution >= 4 is 11.8 Å². The minimum Gasteiger partial charge on any atom is -0.381 e. The lowest BCUT2D eigenvalue weighted by Crippen LogP contribution is -2.59. The minimum atomic E-state index is -0.387. The van der Waals surface area contributed by atoms with Crippen LogP contribution in [0.15, 0.2) is 0 Å². The first kappa shape index (κ1) is 15.9. The van der Waals surface area contributed by atoms with Crippen LogP contribution < -0.4 is 5.32 Å². The summed E-state index contributed by atoms with van der Waals surface area (Å²) in [6, 6.07) is -0.387. The summed E-state index contributed by atoms with van der Waals surface area (Å²) >= 11 is 0. The first-order valence-electron chi connectivity index (χ1n) is 6.87. The molecule has 110 valence electrons. The van der Waals surface area contributed by atoms with Crippen molar-refractivity contribution in [3.05, 3.63) is 0 Å². The zero-order chi connectivity index (χ0) is 14.3.